The number of fused-ring (bicyclic) bond motifs is 1. The number of nitrogens with zero attached hydrogens (tertiary/aromatic N) is 2. The lowest BCUT2D eigenvalue weighted by Crippen LogP contribution is -2.02. The van der Waals surface area contributed by atoms with E-state index in [9.17, 15) is 4.39 Å². The van der Waals surface area contributed by atoms with E-state index in [4.69, 9.17) is 0 Å². The quantitative estimate of drug-likeness (QED) is 0.777. The Bertz CT molecular complexity index is 698. The maximum atomic E-state index is 13.3. The van der Waals surface area contributed by atoms with Gasteiger partial charge in [-0.2, -0.15) is 0 Å². The molecule has 0 saturated carbocycles. The lowest BCUT2D eigenvalue weighted by molar-refractivity contribution is 0.629. The molecule has 0 radical (unpaired) electrons. The topological polar surface area (TPSA) is 37.8 Å². The molecule has 19 heavy (non-hydrogen) atoms. The lowest BCUT2D eigenvalue weighted by Gasteiger charge is -2.08. The van der Waals surface area contributed by atoms with Gasteiger partial charge >= 0.3 is 0 Å². The van der Waals surface area contributed by atoms with Crippen LogP contribution in [0.15, 0.2) is 54.9 Å². The molecule has 94 valence electrons. The highest BCUT2D eigenvalue weighted by Crippen LogP contribution is 2.20. The Kier molecular flexibility index (Phi) is 3.06. The molecule has 1 aromatic heterocycles. The molecule has 0 saturated heterocycles. The predicted octanol–water partition coefficient (Wildman–Crippen LogP) is 3.38. The molecule has 0 aliphatic carbocycles. The molecule has 4 heteroatoms. The van der Waals surface area contributed by atoms with Crippen molar-refractivity contribution < 1.29 is 4.39 Å². The third-order valence-corrected chi connectivity index (χ3v) is 2.90. The molecule has 0 atom stereocenters. The Morgan fingerprint density at radius 3 is 2.68 bits per heavy atom. The Labute approximate surface area is 110 Å². The van der Waals surface area contributed by atoms with Crippen molar-refractivity contribution in [2.45, 2.75) is 6.54 Å². The number of anilines is 1. The van der Waals surface area contributed by atoms with Crippen LogP contribution in [0.4, 0.5) is 10.2 Å². The number of nitrogens with one attached hydrogen (secondary N) is 1. The summed E-state index contributed by atoms with van der Waals surface area (Å²) >= 11 is 0. The van der Waals surface area contributed by atoms with Crippen molar-refractivity contribution in [2.75, 3.05) is 5.32 Å². The van der Waals surface area contributed by atoms with Crippen LogP contribution in [0, 0.1) is 5.82 Å². The second-order valence-electron chi connectivity index (χ2n) is 4.22. The fourth-order valence-corrected chi connectivity index (χ4v) is 1.95. The largest absolute Gasteiger partial charge is 0.365 e. The Hall–Kier alpha value is -2.49. The first-order valence-electron chi connectivity index (χ1n) is 6.01. The third kappa shape index (κ3) is 2.52. The van der Waals surface area contributed by atoms with Gasteiger partial charge in [-0.25, -0.2) is 14.4 Å². The van der Waals surface area contributed by atoms with Gasteiger partial charge in [-0.05, 0) is 23.8 Å². The molecule has 3 rings (SSSR count). The number of hydrogen-bond acceptors (Lipinski definition) is 3. The molecular formula is C15H12FN3. The highest BCUT2D eigenvalue weighted by Gasteiger charge is 2.04. The zero-order chi connectivity index (χ0) is 13.1. The fourth-order valence-electron chi connectivity index (χ4n) is 1.95. The van der Waals surface area contributed by atoms with E-state index >= 15 is 0 Å². The van der Waals surface area contributed by atoms with Gasteiger partial charge in [0.05, 0.1) is 5.52 Å². The van der Waals surface area contributed by atoms with E-state index in [1.54, 1.807) is 6.07 Å². The van der Waals surface area contributed by atoms with E-state index in [2.05, 4.69) is 15.3 Å². The molecule has 1 heterocycles. The second kappa shape index (κ2) is 5.02. The van der Waals surface area contributed by atoms with Crippen molar-refractivity contribution in [1.82, 2.24) is 9.97 Å². The van der Waals surface area contributed by atoms with Gasteiger partial charge in [0.2, 0.25) is 0 Å². The molecule has 2 aromatic carbocycles. The average molecular weight is 253 g/mol. The van der Waals surface area contributed by atoms with Gasteiger partial charge in [-0.3, -0.25) is 0 Å². The molecule has 0 amide bonds. The van der Waals surface area contributed by atoms with Crippen molar-refractivity contribution in [3.63, 3.8) is 0 Å². The summed E-state index contributed by atoms with van der Waals surface area (Å²) in [4.78, 5) is 8.29. The van der Waals surface area contributed by atoms with Crippen molar-refractivity contribution in [3.8, 4) is 0 Å². The van der Waals surface area contributed by atoms with E-state index in [1.165, 1.54) is 18.5 Å². The van der Waals surface area contributed by atoms with Crippen molar-refractivity contribution in [2.24, 2.45) is 0 Å². The van der Waals surface area contributed by atoms with E-state index in [0.717, 1.165) is 11.1 Å². The van der Waals surface area contributed by atoms with Crippen LogP contribution in [-0.2, 0) is 6.54 Å². The summed E-state index contributed by atoms with van der Waals surface area (Å²) in [6.07, 6.45) is 1.48. The van der Waals surface area contributed by atoms with Crippen LogP contribution in [-0.4, -0.2) is 9.97 Å². The molecule has 0 aliphatic rings. The first kappa shape index (κ1) is 11.6. The summed E-state index contributed by atoms with van der Waals surface area (Å²) in [5.41, 5.74) is 1.87. The highest BCUT2D eigenvalue weighted by molar-refractivity contribution is 5.88. The summed E-state index contributed by atoms with van der Waals surface area (Å²) in [6, 6.07) is 14.5. The van der Waals surface area contributed by atoms with Crippen molar-refractivity contribution in [3.05, 3.63) is 66.2 Å². The van der Waals surface area contributed by atoms with Gasteiger partial charge in [-0.15, -0.1) is 0 Å². The molecule has 0 spiro atoms. The highest BCUT2D eigenvalue weighted by atomic mass is 19.1. The molecule has 0 aliphatic heterocycles. The summed E-state index contributed by atoms with van der Waals surface area (Å²) < 4.78 is 13.3. The van der Waals surface area contributed by atoms with Crippen LogP contribution in [0.25, 0.3) is 10.9 Å². The SMILES string of the molecule is Fc1ccc2ncnc(NCc3ccccc3)c2c1. The molecule has 3 nitrogen and oxygen atoms in total. The number of rotatable bonds is 3. The number of halogens is 1. The van der Waals surface area contributed by atoms with Gasteiger partial charge in [0.15, 0.2) is 0 Å². The van der Waals surface area contributed by atoms with Crippen LogP contribution < -0.4 is 5.32 Å². The van der Waals surface area contributed by atoms with Crippen LogP contribution in [0.1, 0.15) is 5.56 Å². The predicted molar refractivity (Wildman–Crippen MR) is 73.3 cm³/mol. The van der Waals surface area contributed by atoms with Gasteiger partial charge in [-0.1, -0.05) is 30.3 Å². The van der Waals surface area contributed by atoms with Crippen molar-refractivity contribution in [1.29, 1.82) is 0 Å². The summed E-state index contributed by atoms with van der Waals surface area (Å²) in [6.45, 7) is 0.642. The van der Waals surface area contributed by atoms with E-state index in [0.29, 0.717) is 17.7 Å². The maximum absolute atomic E-state index is 13.3. The standard InChI is InChI=1S/C15H12FN3/c16-12-6-7-14-13(8-12)15(19-10-18-14)17-9-11-4-2-1-3-5-11/h1-8,10H,9H2,(H,17,18,19). The summed E-state index contributed by atoms with van der Waals surface area (Å²) in [5.74, 6) is 0.360. The van der Waals surface area contributed by atoms with Crippen molar-refractivity contribution >= 4 is 16.7 Å². The Morgan fingerprint density at radius 1 is 1.00 bits per heavy atom. The second-order valence-corrected chi connectivity index (χ2v) is 4.22. The Balaban J connectivity index is 1.90. The van der Waals surface area contributed by atoms with Crippen LogP contribution in [0.5, 0.6) is 0 Å². The number of hydrogen-bond donors (Lipinski definition) is 1. The first-order valence-corrected chi connectivity index (χ1v) is 6.01. The monoisotopic (exact) mass is 253 g/mol. The molecule has 0 unspecified atom stereocenters. The zero-order valence-corrected chi connectivity index (χ0v) is 10.2. The Morgan fingerprint density at radius 2 is 1.84 bits per heavy atom. The van der Waals surface area contributed by atoms with E-state index in [-0.39, 0.29) is 5.82 Å². The fraction of sp³-hybridized carbons (Fsp3) is 0.0667. The minimum absolute atomic E-state index is 0.287. The zero-order valence-electron chi connectivity index (χ0n) is 10.2. The first-order chi connectivity index (χ1) is 9.33. The number of aromatic nitrogens is 2. The van der Waals surface area contributed by atoms with E-state index < -0.39 is 0 Å². The number of benzene rings is 2. The van der Waals surface area contributed by atoms with Gasteiger partial charge in [0.25, 0.3) is 0 Å². The minimum Gasteiger partial charge on any atom is -0.365 e. The van der Waals surface area contributed by atoms with Crippen LogP contribution in [0.3, 0.4) is 0 Å². The van der Waals surface area contributed by atoms with Gasteiger partial charge in [0, 0.05) is 11.9 Å². The molecule has 0 bridgehead atoms. The minimum atomic E-state index is -0.287. The summed E-state index contributed by atoms with van der Waals surface area (Å²) in [5, 5.41) is 3.91. The normalized spacial score (nSPS) is 10.6. The molecule has 0 fully saturated rings. The van der Waals surface area contributed by atoms with Gasteiger partial charge < -0.3 is 5.32 Å². The van der Waals surface area contributed by atoms with Gasteiger partial charge in [0.1, 0.15) is 18.0 Å². The molecular weight excluding hydrogens is 241 g/mol. The summed E-state index contributed by atoms with van der Waals surface area (Å²) in [7, 11) is 0. The molecule has 1 N–H and O–H groups in total. The smallest absolute Gasteiger partial charge is 0.137 e. The van der Waals surface area contributed by atoms with Crippen LogP contribution in [0.2, 0.25) is 0 Å². The lowest BCUT2D eigenvalue weighted by atomic mass is 10.2. The average Bonchev–Trinajstić information content (AvgIpc) is 2.46. The third-order valence-electron chi connectivity index (χ3n) is 2.90. The maximum Gasteiger partial charge on any atom is 0.137 e. The molecule has 3 aromatic rings. The van der Waals surface area contributed by atoms with Crippen LogP contribution >= 0.6 is 0 Å². The van der Waals surface area contributed by atoms with E-state index in [1.807, 2.05) is 30.3 Å².